The van der Waals surface area contributed by atoms with Gasteiger partial charge in [-0.25, -0.2) is 0 Å². The number of hydrogen-bond acceptors (Lipinski definition) is 3. The van der Waals surface area contributed by atoms with Crippen molar-refractivity contribution in [1.29, 1.82) is 0 Å². The molecular formula is C14H29N3. The summed E-state index contributed by atoms with van der Waals surface area (Å²) < 4.78 is 0. The lowest BCUT2D eigenvalue weighted by Crippen LogP contribution is -2.42. The zero-order chi connectivity index (χ0) is 12.1. The normalized spacial score (nSPS) is 29.6. The van der Waals surface area contributed by atoms with Crippen LogP contribution < -0.4 is 5.32 Å². The SMILES string of the molecule is CC1CN(C)CCCN1CCNC1CCCC1. The van der Waals surface area contributed by atoms with Gasteiger partial charge in [0.15, 0.2) is 0 Å². The van der Waals surface area contributed by atoms with Crippen molar-refractivity contribution in [3.8, 4) is 0 Å². The number of hydrogen-bond donors (Lipinski definition) is 1. The summed E-state index contributed by atoms with van der Waals surface area (Å²) in [6.45, 7) is 8.54. The standard InChI is InChI=1S/C14H29N3/c1-13-12-16(2)9-5-10-17(13)11-8-15-14-6-3-4-7-14/h13-15H,3-12H2,1-2H3. The molecule has 1 saturated heterocycles. The molecule has 1 N–H and O–H groups in total. The van der Waals surface area contributed by atoms with Crippen LogP contribution >= 0.6 is 0 Å². The predicted octanol–water partition coefficient (Wildman–Crippen LogP) is 1.54. The highest BCUT2D eigenvalue weighted by atomic mass is 15.2. The number of nitrogens with one attached hydrogen (secondary N) is 1. The monoisotopic (exact) mass is 239 g/mol. The van der Waals surface area contributed by atoms with E-state index in [9.17, 15) is 0 Å². The fourth-order valence-electron chi connectivity index (χ4n) is 3.30. The Balaban J connectivity index is 1.66. The van der Waals surface area contributed by atoms with E-state index in [1.165, 1.54) is 64.8 Å². The summed E-state index contributed by atoms with van der Waals surface area (Å²) in [5.41, 5.74) is 0. The molecule has 1 aliphatic carbocycles. The number of rotatable bonds is 4. The van der Waals surface area contributed by atoms with Gasteiger partial charge in [-0.15, -0.1) is 0 Å². The minimum Gasteiger partial charge on any atom is -0.313 e. The molecule has 0 bridgehead atoms. The second kappa shape index (κ2) is 6.72. The molecule has 0 aromatic heterocycles. The highest BCUT2D eigenvalue weighted by molar-refractivity contribution is 4.78. The maximum absolute atomic E-state index is 3.73. The highest BCUT2D eigenvalue weighted by Gasteiger charge is 2.19. The Morgan fingerprint density at radius 1 is 1.12 bits per heavy atom. The van der Waals surface area contributed by atoms with Crippen molar-refractivity contribution >= 4 is 0 Å². The Hall–Kier alpha value is -0.120. The van der Waals surface area contributed by atoms with Crippen LogP contribution in [-0.2, 0) is 0 Å². The van der Waals surface area contributed by atoms with E-state index in [1.54, 1.807) is 0 Å². The maximum Gasteiger partial charge on any atom is 0.0195 e. The summed E-state index contributed by atoms with van der Waals surface area (Å²) >= 11 is 0. The smallest absolute Gasteiger partial charge is 0.0195 e. The van der Waals surface area contributed by atoms with E-state index in [-0.39, 0.29) is 0 Å². The quantitative estimate of drug-likeness (QED) is 0.803. The first-order valence-corrected chi connectivity index (χ1v) is 7.41. The van der Waals surface area contributed by atoms with E-state index in [4.69, 9.17) is 0 Å². The second-order valence-corrected chi connectivity index (χ2v) is 5.94. The second-order valence-electron chi connectivity index (χ2n) is 5.94. The molecule has 2 fully saturated rings. The van der Waals surface area contributed by atoms with E-state index < -0.39 is 0 Å². The molecule has 0 spiro atoms. The molecule has 100 valence electrons. The molecule has 1 aliphatic heterocycles. The summed E-state index contributed by atoms with van der Waals surface area (Å²) in [4.78, 5) is 5.13. The lowest BCUT2D eigenvalue weighted by Gasteiger charge is -2.28. The molecule has 2 aliphatic rings. The highest BCUT2D eigenvalue weighted by Crippen LogP contribution is 2.17. The van der Waals surface area contributed by atoms with Crippen LogP contribution in [0.3, 0.4) is 0 Å². The Morgan fingerprint density at radius 3 is 2.65 bits per heavy atom. The fraction of sp³-hybridized carbons (Fsp3) is 1.00. The van der Waals surface area contributed by atoms with Crippen LogP contribution in [0.15, 0.2) is 0 Å². The van der Waals surface area contributed by atoms with E-state index in [2.05, 4.69) is 29.1 Å². The first-order chi connectivity index (χ1) is 8.25. The third-order valence-electron chi connectivity index (χ3n) is 4.37. The average Bonchev–Trinajstić information content (AvgIpc) is 2.74. The van der Waals surface area contributed by atoms with Gasteiger partial charge in [0, 0.05) is 31.7 Å². The van der Waals surface area contributed by atoms with Gasteiger partial charge < -0.3 is 10.2 Å². The van der Waals surface area contributed by atoms with E-state index >= 15 is 0 Å². The third-order valence-corrected chi connectivity index (χ3v) is 4.37. The molecule has 1 unspecified atom stereocenters. The molecule has 3 heteroatoms. The lowest BCUT2D eigenvalue weighted by atomic mass is 10.2. The molecule has 2 rings (SSSR count). The molecule has 17 heavy (non-hydrogen) atoms. The van der Waals surface area contributed by atoms with Crippen molar-refractivity contribution < 1.29 is 0 Å². The molecule has 0 aromatic carbocycles. The van der Waals surface area contributed by atoms with Crippen LogP contribution in [0.4, 0.5) is 0 Å². The van der Waals surface area contributed by atoms with Gasteiger partial charge in [-0.2, -0.15) is 0 Å². The Bertz CT molecular complexity index is 214. The maximum atomic E-state index is 3.73. The Morgan fingerprint density at radius 2 is 1.88 bits per heavy atom. The fourth-order valence-corrected chi connectivity index (χ4v) is 3.30. The van der Waals surface area contributed by atoms with Crippen molar-refractivity contribution in [2.24, 2.45) is 0 Å². The Kier molecular flexibility index (Phi) is 5.26. The topological polar surface area (TPSA) is 18.5 Å². The van der Waals surface area contributed by atoms with Crippen molar-refractivity contribution in [2.75, 3.05) is 39.8 Å². The zero-order valence-corrected chi connectivity index (χ0v) is 11.6. The van der Waals surface area contributed by atoms with Gasteiger partial charge >= 0.3 is 0 Å². The number of likely N-dealkylation sites (N-methyl/N-ethyl adjacent to an activating group) is 1. The minimum atomic E-state index is 0.716. The lowest BCUT2D eigenvalue weighted by molar-refractivity contribution is 0.200. The molecular weight excluding hydrogens is 210 g/mol. The van der Waals surface area contributed by atoms with Crippen molar-refractivity contribution in [1.82, 2.24) is 15.1 Å². The first kappa shape index (κ1) is 13.3. The first-order valence-electron chi connectivity index (χ1n) is 7.41. The zero-order valence-electron chi connectivity index (χ0n) is 11.6. The van der Waals surface area contributed by atoms with Crippen LogP contribution in [0.1, 0.15) is 39.0 Å². The summed E-state index contributed by atoms with van der Waals surface area (Å²) in [5, 5.41) is 3.73. The van der Waals surface area contributed by atoms with E-state index in [1.807, 2.05) is 0 Å². The van der Waals surface area contributed by atoms with Crippen LogP contribution in [-0.4, -0.2) is 61.7 Å². The molecule has 0 radical (unpaired) electrons. The minimum absolute atomic E-state index is 0.716. The van der Waals surface area contributed by atoms with Gasteiger partial charge in [-0.05, 0) is 46.3 Å². The van der Waals surface area contributed by atoms with Gasteiger partial charge in [0.25, 0.3) is 0 Å². The molecule has 1 saturated carbocycles. The summed E-state index contributed by atoms with van der Waals surface area (Å²) in [7, 11) is 2.25. The van der Waals surface area contributed by atoms with Crippen LogP contribution in [0, 0.1) is 0 Å². The van der Waals surface area contributed by atoms with E-state index in [0.29, 0.717) is 6.04 Å². The van der Waals surface area contributed by atoms with Crippen molar-refractivity contribution in [3.05, 3.63) is 0 Å². The van der Waals surface area contributed by atoms with Crippen LogP contribution in [0.2, 0.25) is 0 Å². The molecule has 1 heterocycles. The van der Waals surface area contributed by atoms with E-state index in [0.717, 1.165) is 6.04 Å². The Labute approximate surface area is 107 Å². The van der Waals surface area contributed by atoms with Crippen molar-refractivity contribution in [3.63, 3.8) is 0 Å². The van der Waals surface area contributed by atoms with Gasteiger partial charge in [0.05, 0.1) is 0 Å². The predicted molar refractivity (Wildman–Crippen MR) is 73.4 cm³/mol. The summed E-state index contributed by atoms with van der Waals surface area (Å²) in [5.74, 6) is 0. The number of nitrogens with zero attached hydrogens (tertiary/aromatic N) is 2. The van der Waals surface area contributed by atoms with Gasteiger partial charge in [0.2, 0.25) is 0 Å². The van der Waals surface area contributed by atoms with Crippen LogP contribution in [0.25, 0.3) is 0 Å². The van der Waals surface area contributed by atoms with Gasteiger partial charge in [-0.1, -0.05) is 12.8 Å². The summed E-state index contributed by atoms with van der Waals surface area (Å²) in [6, 6.07) is 1.54. The molecule has 3 nitrogen and oxygen atoms in total. The summed E-state index contributed by atoms with van der Waals surface area (Å²) in [6.07, 6.45) is 6.99. The molecule has 0 aromatic rings. The molecule has 0 amide bonds. The van der Waals surface area contributed by atoms with Gasteiger partial charge in [0.1, 0.15) is 0 Å². The van der Waals surface area contributed by atoms with Crippen molar-refractivity contribution in [2.45, 2.75) is 51.1 Å². The average molecular weight is 239 g/mol. The van der Waals surface area contributed by atoms with Crippen LogP contribution in [0.5, 0.6) is 0 Å². The largest absolute Gasteiger partial charge is 0.313 e. The third kappa shape index (κ3) is 4.23. The van der Waals surface area contributed by atoms with Gasteiger partial charge in [-0.3, -0.25) is 4.90 Å². The molecule has 1 atom stereocenters.